The van der Waals surface area contributed by atoms with E-state index in [0.29, 0.717) is 17.9 Å². The zero-order valence-electron chi connectivity index (χ0n) is 14.0. The van der Waals surface area contributed by atoms with Crippen molar-refractivity contribution >= 4 is 17.7 Å². The summed E-state index contributed by atoms with van der Waals surface area (Å²) in [6.07, 6.45) is -0.943. The normalized spacial score (nSPS) is 11.4. The van der Waals surface area contributed by atoms with Crippen molar-refractivity contribution in [3.8, 4) is 5.75 Å². The summed E-state index contributed by atoms with van der Waals surface area (Å²) in [5.74, 6) is -0.884. The monoisotopic (exact) mass is 341 g/mol. The van der Waals surface area contributed by atoms with E-state index in [1.807, 2.05) is 6.92 Å². The van der Waals surface area contributed by atoms with Crippen LogP contribution in [0.15, 0.2) is 48.5 Å². The highest BCUT2D eigenvalue weighted by atomic mass is 16.5. The smallest absolute Gasteiger partial charge is 0.338 e. The maximum Gasteiger partial charge on any atom is 0.338 e. The van der Waals surface area contributed by atoms with E-state index in [1.165, 1.54) is 31.2 Å². The molecule has 0 unspecified atom stereocenters. The van der Waals surface area contributed by atoms with E-state index < -0.39 is 18.0 Å². The van der Waals surface area contributed by atoms with E-state index in [1.54, 1.807) is 24.3 Å². The molecule has 1 atom stereocenters. The van der Waals surface area contributed by atoms with Gasteiger partial charge in [0, 0.05) is 11.1 Å². The van der Waals surface area contributed by atoms with Gasteiger partial charge in [-0.3, -0.25) is 9.59 Å². The molecule has 0 radical (unpaired) electrons. The van der Waals surface area contributed by atoms with Crippen LogP contribution in [-0.4, -0.2) is 30.4 Å². The van der Waals surface area contributed by atoms with Gasteiger partial charge in [-0.05, 0) is 62.4 Å². The number of primary amides is 1. The standard InChI is InChI=1S/C19H19NO5/c1-3-24-16-10-8-13(9-11-16)17(21)12(2)25-19(23)15-6-4-14(5-7-15)18(20)22/h4-12H,3H2,1-2H3,(H2,20,22)/t12-/m0/s1. The lowest BCUT2D eigenvalue weighted by Crippen LogP contribution is -2.24. The Morgan fingerprint density at radius 3 is 1.96 bits per heavy atom. The lowest BCUT2D eigenvalue weighted by Gasteiger charge is -2.13. The van der Waals surface area contributed by atoms with Gasteiger partial charge in [0.15, 0.2) is 6.10 Å². The molecule has 0 bridgehead atoms. The first-order valence-electron chi connectivity index (χ1n) is 7.80. The van der Waals surface area contributed by atoms with Gasteiger partial charge in [0.25, 0.3) is 0 Å². The molecule has 0 heterocycles. The van der Waals surface area contributed by atoms with Crippen molar-refractivity contribution in [1.82, 2.24) is 0 Å². The molecule has 1 amide bonds. The fraction of sp³-hybridized carbons (Fsp3) is 0.211. The van der Waals surface area contributed by atoms with Gasteiger partial charge in [-0.25, -0.2) is 4.79 Å². The number of amides is 1. The molecule has 0 saturated carbocycles. The third-order valence-corrected chi connectivity index (χ3v) is 3.51. The Labute approximate surface area is 145 Å². The van der Waals surface area contributed by atoms with Crippen LogP contribution in [0, 0.1) is 0 Å². The number of hydrogen-bond donors (Lipinski definition) is 1. The van der Waals surface area contributed by atoms with Crippen molar-refractivity contribution in [2.24, 2.45) is 5.73 Å². The van der Waals surface area contributed by atoms with Crippen LogP contribution < -0.4 is 10.5 Å². The summed E-state index contributed by atoms with van der Waals surface area (Å²) in [6, 6.07) is 12.3. The maximum atomic E-state index is 12.3. The Hall–Kier alpha value is -3.15. The van der Waals surface area contributed by atoms with Crippen LogP contribution >= 0.6 is 0 Å². The largest absolute Gasteiger partial charge is 0.494 e. The lowest BCUT2D eigenvalue weighted by atomic mass is 10.1. The highest BCUT2D eigenvalue weighted by Gasteiger charge is 2.20. The van der Waals surface area contributed by atoms with Gasteiger partial charge in [0.1, 0.15) is 5.75 Å². The summed E-state index contributed by atoms with van der Waals surface area (Å²) in [7, 11) is 0. The molecule has 25 heavy (non-hydrogen) atoms. The Morgan fingerprint density at radius 2 is 1.44 bits per heavy atom. The van der Waals surface area contributed by atoms with Crippen LogP contribution in [0.3, 0.4) is 0 Å². The molecule has 0 aromatic heterocycles. The summed E-state index contributed by atoms with van der Waals surface area (Å²) in [6.45, 7) is 3.92. The van der Waals surface area contributed by atoms with E-state index in [-0.39, 0.29) is 16.9 Å². The van der Waals surface area contributed by atoms with Crippen molar-refractivity contribution in [3.05, 3.63) is 65.2 Å². The third kappa shape index (κ3) is 4.67. The summed E-state index contributed by atoms with van der Waals surface area (Å²) < 4.78 is 10.5. The number of Topliss-reactive ketones (excluding diaryl/α,β-unsaturated/α-hetero) is 1. The average Bonchev–Trinajstić information content (AvgIpc) is 2.62. The number of rotatable bonds is 7. The highest BCUT2D eigenvalue weighted by molar-refractivity contribution is 6.01. The second-order valence-electron chi connectivity index (χ2n) is 5.31. The van der Waals surface area contributed by atoms with E-state index in [4.69, 9.17) is 15.2 Å². The minimum absolute atomic E-state index is 0.233. The fourth-order valence-electron chi connectivity index (χ4n) is 2.17. The molecule has 0 aliphatic carbocycles. The molecule has 0 spiro atoms. The number of hydrogen-bond acceptors (Lipinski definition) is 5. The molecule has 6 heteroatoms. The molecule has 0 fully saturated rings. The van der Waals surface area contributed by atoms with Crippen LogP contribution in [0.4, 0.5) is 0 Å². The molecule has 0 saturated heterocycles. The van der Waals surface area contributed by atoms with Crippen molar-refractivity contribution in [1.29, 1.82) is 0 Å². The zero-order valence-corrected chi connectivity index (χ0v) is 14.0. The number of benzene rings is 2. The highest BCUT2D eigenvalue weighted by Crippen LogP contribution is 2.15. The number of esters is 1. The maximum absolute atomic E-state index is 12.3. The van der Waals surface area contributed by atoms with Gasteiger partial charge < -0.3 is 15.2 Å². The SMILES string of the molecule is CCOc1ccc(C(=O)[C@H](C)OC(=O)c2ccc(C(N)=O)cc2)cc1. The van der Waals surface area contributed by atoms with Crippen LogP contribution in [0.2, 0.25) is 0 Å². The van der Waals surface area contributed by atoms with Crippen LogP contribution in [0.1, 0.15) is 44.9 Å². The number of carbonyl (C=O) groups is 3. The molecule has 0 aliphatic heterocycles. The molecule has 0 aliphatic rings. The van der Waals surface area contributed by atoms with Gasteiger partial charge in [0.05, 0.1) is 12.2 Å². The number of nitrogens with two attached hydrogens (primary N) is 1. The van der Waals surface area contributed by atoms with Crippen molar-refractivity contribution in [2.45, 2.75) is 20.0 Å². The Kier molecular flexibility index (Phi) is 5.89. The van der Waals surface area contributed by atoms with Crippen LogP contribution in [0.25, 0.3) is 0 Å². The quantitative estimate of drug-likeness (QED) is 0.617. The molecule has 130 valence electrons. The second kappa shape index (κ2) is 8.10. The van der Waals surface area contributed by atoms with E-state index in [2.05, 4.69) is 0 Å². The van der Waals surface area contributed by atoms with Gasteiger partial charge in [0.2, 0.25) is 11.7 Å². The Morgan fingerprint density at radius 1 is 0.920 bits per heavy atom. The second-order valence-corrected chi connectivity index (χ2v) is 5.31. The minimum Gasteiger partial charge on any atom is -0.494 e. The van der Waals surface area contributed by atoms with E-state index >= 15 is 0 Å². The van der Waals surface area contributed by atoms with E-state index in [9.17, 15) is 14.4 Å². The topological polar surface area (TPSA) is 95.7 Å². The zero-order chi connectivity index (χ0) is 18.4. The molecule has 2 rings (SSSR count). The van der Waals surface area contributed by atoms with Crippen LogP contribution in [-0.2, 0) is 4.74 Å². The van der Waals surface area contributed by atoms with Crippen LogP contribution in [0.5, 0.6) is 5.75 Å². The third-order valence-electron chi connectivity index (χ3n) is 3.51. The first kappa shape index (κ1) is 18.2. The number of carbonyl (C=O) groups excluding carboxylic acids is 3. The molecule has 2 aromatic rings. The van der Waals surface area contributed by atoms with Gasteiger partial charge in [-0.1, -0.05) is 0 Å². The van der Waals surface area contributed by atoms with Crippen molar-refractivity contribution in [3.63, 3.8) is 0 Å². The van der Waals surface area contributed by atoms with Gasteiger partial charge in [-0.2, -0.15) is 0 Å². The average molecular weight is 341 g/mol. The molecule has 6 nitrogen and oxygen atoms in total. The van der Waals surface area contributed by atoms with Gasteiger partial charge >= 0.3 is 5.97 Å². The van der Waals surface area contributed by atoms with Crippen molar-refractivity contribution < 1.29 is 23.9 Å². The number of ether oxygens (including phenoxy) is 2. The lowest BCUT2D eigenvalue weighted by molar-refractivity contribution is 0.0318. The first-order valence-corrected chi connectivity index (χ1v) is 7.80. The summed E-state index contributed by atoms with van der Waals surface area (Å²) in [5.41, 5.74) is 6.09. The molecule has 2 N–H and O–H groups in total. The Bertz CT molecular complexity index is 765. The predicted octanol–water partition coefficient (Wildman–Crippen LogP) is 2.61. The van der Waals surface area contributed by atoms with Crippen molar-refractivity contribution in [2.75, 3.05) is 6.61 Å². The van der Waals surface area contributed by atoms with E-state index in [0.717, 1.165) is 0 Å². The summed E-state index contributed by atoms with van der Waals surface area (Å²) >= 11 is 0. The fourth-order valence-corrected chi connectivity index (χ4v) is 2.17. The summed E-state index contributed by atoms with van der Waals surface area (Å²) in [5, 5.41) is 0. The molecule has 2 aromatic carbocycles. The molecular formula is C19H19NO5. The summed E-state index contributed by atoms with van der Waals surface area (Å²) in [4.78, 5) is 35.5. The first-order chi connectivity index (χ1) is 11.9. The number of ketones is 1. The predicted molar refractivity (Wildman–Crippen MR) is 91.8 cm³/mol. The van der Waals surface area contributed by atoms with Gasteiger partial charge in [-0.15, -0.1) is 0 Å². The Balaban J connectivity index is 2.02. The minimum atomic E-state index is -0.943. The molecular weight excluding hydrogens is 322 g/mol.